The number of likely N-dealkylation sites (tertiary alicyclic amines) is 2. The zero-order chi connectivity index (χ0) is 18.8. The first kappa shape index (κ1) is 17.9. The van der Waals surface area contributed by atoms with Gasteiger partial charge in [0, 0.05) is 26.1 Å². The molecule has 0 radical (unpaired) electrons. The van der Waals surface area contributed by atoms with Gasteiger partial charge in [0.05, 0.1) is 25.2 Å². The lowest BCUT2D eigenvalue weighted by molar-refractivity contribution is -0.137. The van der Waals surface area contributed by atoms with Crippen molar-refractivity contribution in [3.8, 4) is 11.5 Å². The summed E-state index contributed by atoms with van der Waals surface area (Å²) < 4.78 is 11.5. The number of rotatable bonds is 2. The number of urea groups is 1. The molecule has 0 aromatic heterocycles. The number of hydrogen-bond donors (Lipinski definition) is 1. The van der Waals surface area contributed by atoms with Crippen LogP contribution in [0.25, 0.3) is 0 Å². The molecule has 27 heavy (non-hydrogen) atoms. The highest BCUT2D eigenvalue weighted by Crippen LogP contribution is 2.39. The van der Waals surface area contributed by atoms with Crippen molar-refractivity contribution in [2.75, 3.05) is 32.8 Å². The van der Waals surface area contributed by atoms with Gasteiger partial charge in [0.1, 0.15) is 0 Å². The third-order valence-corrected chi connectivity index (χ3v) is 5.77. The van der Waals surface area contributed by atoms with Crippen LogP contribution in [0.3, 0.4) is 0 Å². The van der Waals surface area contributed by atoms with Gasteiger partial charge in [0.15, 0.2) is 11.5 Å². The van der Waals surface area contributed by atoms with Crippen LogP contribution in [0.15, 0.2) is 18.2 Å². The Kier molecular flexibility index (Phi) is 5.09. The Balaban J connectivity index is 1.51. The van der Waals surface area contributed by atoms with E-state index in [0.717, 1.165) is 55.7 Å². The minimum absolute atomic E-state index is 0.0543. The number of carbonyl (C=O) groups excluding carboxylic acids is 2. The lowest BCUT2D eigenvalue weighted by Crippen LogP contribution is -2.48. The molecule has 2 atom stereocenters. The molecule has 0 bridgehead atoms. The maximum Gasteiger partial charge on any atom is 0.314 e. The normalized spacial score (nSPS) is 25.2. The van der Waals surface area contributed by atoms with Gasteiger partial charge in [0.25, 0.3) is 0 Å². The Morgan fingerprint density at radius 3 is 2.59 bits per heavy atom. The summed E-state index contributed by atoms with van der Waals surface area (Å²) in [4.78, 5) is 28.2. The van der Waals surface area contributed by atoms with E-state index in [4.69, 9.17) is 15.2 Å². The van der Waals surface area contributed by atoms with E-state index in [2.05, 4.69) is 0 Å². The smallest absolute Gasteiger partial charge is 0.314 e. The molecule has 0 saturated carbocycles. The standard InChI is InChI=1S/C20H27N3O4/c21-20(25)22-8-1-4-15(13-22)19(24)23-9-2-5-16(23)14-6-7-17-18(12-14)27-11-3-10-26-17/h6-7,12,15-16H,1-5,8-11,13H2,(H2,21,25)/t15-,16+/m0/s1. The van der Waals surface area contributed by atoms with Gasteiger partial charge in [-0.25, -0.2) is 4.79 Å². The molecular weight excluding hydrogens is 346 g/mol. The fourth-order valence-corrected chi connectivity index (χ4v) is 4.38. The van der Waals surface area contributed by atoms with Gasteiger partial charge in [0.2, 0.25) is 5.91 Å². The molecule has 7 heteroatoms. The highest BCUT2D eigenvalue weighted by molar-refractivity contribution is 5.81. The predicted molar refractivity (Wildman–Crippen MR) is 99.6 cm³/mol. The molecule has 2 N–H and O–H groups in total. The molecule has 0 aliphatic carbocycles. The molecule has 2 fully saturated rings. The summed E-state index contributed by atoms with van der Waals surface area (Å²) in [7, 11) is 0. The van der Waals surface area contributed by atoms with Crippen LogP contribution >= 0.6 is 0 Å². The topological polar surface area (TPSA) is 85.1 Å². The minimum atomic E-state index is -0.437. The van der Waals surface area contributed by atoms with Crippen LogP contribution < -0.4 is 15.2 Å². The van der Waals surface area contributed by atoms with E-state index < -0.39 is 6.03 Å². The maximum absolute atomic E-state index is 13.2. The molecule has 7 nitrogen and oxygen atoms in total. The van der Waals surface area contributed by atoms with E-state index in [1.165, 1.54) is 0 Å². The van der Waals surface area contributed by atoms with Crippen LogP contribution in [-0.2, 0) is 4.79 Å². The number of amides is 3. The number of benzene rings is 1. The number of fused-ring (bicyclic) bond motifs is 1. The Morgan fingerprint density at radius 2 is 1.78 bits per heavy atom. The third-order valence-electron chi connectivity index (χ3n) is 5.77. The quantitative estimate of drug-likeness (QED) is 0.862. The molecule has 3 aliphatic heterocycles. The van der Waals surface area contributed by atoms with Crippen molar-refractivity contribution < 1.29 is 19.1 Å². The number of hydrogen-bond acceptors (Lipinski definition) is 4. The van der Waals surface area contributed by atoms with Gasteiger partial charge >= 0.3 is 6.03 Å². The first-order valence-electron chi connectivity index (χ1n) is 9.88. The van der Waals surface area contributed by atoms with E-state index >= 15 is 0 Å². The van der Waals surface area contributed by atoms with Crippen molar-refractivity contribution >= 4 is 11.9 Å². The fraction of sp³-hybridized carbons (Fsp3) is 0.600. The molecule has 1 aromatic rings. The van der Waals surface area contributed by atoms with E-state index in [1.54, 1.807) is 4.90 Å². The van der Waals surface area contributed by atoms with Gasteiger partial charge in [-0.05, 0) is 43.4 Å². The molecule has 1 aromatic carbocycles. The van der Waals surface area contributed by atoms with E-state index in [-0.39, 0.29) is 17.9 Å². The second kappa shape index (κ2) is 7.66. The van der Waals surface area contributed by atoms with E-state index in [0.29, 0.717) is 26.3 Å². The Labute approximate surface area is 159 Å². The molecule has 3 amide bonds. The fourth-order valence-electron chi connectivity index (χ4n) is 4.38. The molecule has 4 rings (SSSR count). The largest absolute Gasteiger partial charge is 0.490 e. The van der Waals surface area contributed by atoms with Crippen LogP contribution in [-0.4, -0.2) is 54.6 Å². The SMILES string of the molecule is NC(=O)N1CCC[C@H](C(=O)N2CCC[C@@H]2c2ccc3c(c2)OCCCO3)C1. The predicted octanol–water partition coefficient (Wildman–Crippen LogP) is 2.30. The summed E-state index contributed by atoms with van der Waals surface area (Å²) in [6, 6.07) is 5.63. The number of piperidine rings is 1. The summed E-state index contributed by atoms with van der Waals surface area (Å²) in [5.41, 5.74) is 6.51. The number of nitrogens with two attached hydrogens (primary N) is 1. The zero-order valence-corrected chi connectivity index (χ0v) is 15.6. The average molecular weight is 373 g/mol. The van der Waals surface area contributed by atoms with Crippen molar-refractivity contribution in [1.29, 1.82) is 0 Å². The summed E-state index contributed by atoms with van der Waals surface area (Å²) in [6.07, 6.45) is 4.43. The molecule has 2 saturated heterocycles. The average Bonchev–Trinajstić information content (AvgIpc) is 3.06. The van der Waals surface area contributed by atoms with Crippen LogP contribution in [0.4, 0.5) is 4.79 Å². The van der Waals surface area contributed by atoms with Crippen molar-refractivity contribution in [2.24, 2.45) is 11.7 Å². The maximum atomic E-state index is 13.2. The van der Waals surface area contributed by atoms with Gasteiger partial charge in [-0.15, -0.1) is 0 Å². The lowest BCUT2D eigenvalue weighted by atomic mass is 9.95. The summed E-state index contributed by atoms with van der Waals surface area (Å²) >= 11 is 0. The molecular formula is C20H27N3O4. The molecule has 0 unspecified atom stereocenters. The Morgan fingerprint density at radius 1 is 1.00 bits per heavy atom. The number of ether oxygens (including phenoxy) is 2. The Bertz CT molecular complexity index is 723. The van der Waals surface area contributed by atoms with Crippen molar-refractivity contribution in [1.82, 2.24) is 9.80 Å². The lowest BCUT2D eigenvalue weighted by Gasteiger charge is -2.35. The van der Waals surface area contributed by atoms with Gasteiger partial charge in [-0.2, -0.15) is 0 Å². The van der Waals surface area contributed by atoms with Crippen molar-refractivity contribution in [2.45, 2.75) is 38.1 Å². The van der Waals surface area contributed by atoms with Crippen molar-refractivity contribution in [3.63, 3.8) is 0 Å². The summed E-state index contributed by atoms with van der Waals surface area (Å²) in [5, 5.41) is 0. The Hall–Kier alpha value is -2.44. The zero-order valence-electron chi connectivity index (χ0n) is 15.6. The van der Waals surface area contributed by atoms with Crippen molar-refractivity contribution in [3.05, 3.63) is 23.8 Å². The molecule has 3 aliphatic rings. The first-order valence-corrected chi connectivity index (χ1v) is 9.88. The van der Waals surface area contributed by atoms with E-state index in [1.807, 2.05) is 23.1 Å². The molecule has 146 valence electrons. The monoisotopic (exact) mass is 373 g/mol. The summed E-state index contributed by atoms with van der Waals surface area (Å²) in [5.74, 6) is 1.51. The van der Waals surface area contributed by atoms with Crippen LogP contribution in [0.1, 0.15) is 43.7 Å². The van der Waals surface area contributed by atoms with Crippen LogP contribution in [0.5, 0.6) is 11.5 Å². The highest BCUT2D eigenvalue weighted by Gasteiger charge is 2.36. The summed E-state index contributed by atoms with van der Waals surface area (Å²) in [6.45, 7) is 3.14. The van der Waals surface area contributed by atoms with Gasteiger partial charge in [-0.1, -0.05) is 6.07 Å². The van der Waals surface area contributed by atoms with E-state index in [9.17, 15) is 9.59 Å². The minimum Gasteiger partial charge on any atom is -0.490 e. The molecule has 0 spiro atoms. The van der Waals surface area contributed by atoms with Gasteiger partial charge < -0.3 is 25.0 Å². The van der Waals surface area contributed by atoms with Crippen LogP contribution in [0, 0.1) is 5.92 Å². The number of primary amides is 1. The molecule has 3 heterocycles. The first-order chi connectivity index (χ1) is 13.1. The third kappa shape index (κ3) is 3.68. The number of carbonyl (C=O) groups is 2. The number of nitrogens with zero attached hydrogens (tertiary/aromatic N) is 2. The highest BCUT2D eigenvalue weighted by atomic mass is 16.5. The van der Waals surface area contributed by atoms with Gasteiger partial charge in [-0.3, -0.25) is 4.79 Å². The second-order valence-corrected chi connectivity index (χ2v) is 7.57. The van der Waals surface area contributed by atoms with Crippen LogP contribution in [0.2, 0.25) is 0 Å². The second-order valence-electron chi connectivity index (χ2n) is 7.57.